The number of nitrogens with zero attached hydrogens (tertiary/aromatic N) is 4. The van der Waals surface area contributed by atoms with Gasteiger partial charge in [0, 0.05) is 43.3 Å². The highest BCUT2D eigenvalue weighted by atomic mass is 19.1. The standard InChI is InChI=1S/C23H26FN5O2/c24-16-1-6-22(27-15-16)28-17-2-4-19(5-3-17)31-21-14-18(29-9-11-30-12-10-29)13-20-23(21)26-8-7-25-20/h1,6-8,13-15,17,19H,2-5,9-12H2,(H,27,28). The molecule has 0 bridgehead atoms. The van der Waals surface area contributed by atoms with Gasteiger partial charge in [-0.3, -0.25) is 4.98 Å². The Labute approximate surface area is 180 Å². The molecule has 8 heteroatoms. The third-order valence-corrected chi connectivity index (χ3v) is 5.95. The van der Waals surface area contributed by atoms with Crippen molar-refractivity contribution in [1.29, 1.82) is 0 Å². The van der Waals surface area contributed by atoms with Crippen LogP contribution in [-0.4, -0.2) is 53.4 Å². The van der Waals surface area contributed by atoms with Crippen LogP contribution in [0.2, 0.25) is 0 Å². The van der Waals surface area contributed by atoms with Crippen molar-refractivity contribution in [3.8, 4) is 5.75 Å². The van der Waals surface area contributed by atoms with Gasteiger partial charge in [0.25, 0.3) is 0 Å². The summed E-state index contributed by atoms with van der Waals surface area (Å²) < 4.78 is 25.0. The second kappa shape index (κ2) is 9.01. The number of anilines is 2. The summed E-state index contributed by atoms with van der Waals surface area (Å²) in [4.78, 5) is 15.4. The lowest BCUT2D eigenvalue weighted by Gasteiger charge is -2.31. The molecular formula is C23H26FN5O2. The van der Waals surface area contributed by atoms with Crippen LogP contribution in [0.25, 0.3) is 11.0 Å². The summed E-state index contributed by atoms with van der Waals surface area (Å²) in [6.07, 6.45) is 8.60. The van der Waals surface area contributed by atoms with E-state index in [2.05, 4.69) is 37.3 Å². The molecule has 0 unspecified atom stereocenters. The highest BCUT2D eigenvalue weighted by molar-refractivity contribution is 5.85. The van der Waals surface area contributed by atoms with Crippen LogP contribution >= 0.6 is 0 Å². The molecule has 2 aliphatic rings. The predicted molar refractivity (Wildman–Crippen MR) is 117 cm³/mol. The summed E-state index contributed by atoms with van der Waals surface area (Å²) in [7, 11) is 0. The van der Waals surface area contributed by atoms with Gasteiger partial charge in [0.05, 0.1) is 31.0 Å². The summed E-state index contributed by atoms with van der Waals surface area (Å²) in [5, 5.41) is 3.40. The molecule has 0 atom stereocenters. The van der Waals surface area contributed by atoms with Gasteiger partial charge in [0.1, 0.15) is 22.9 Å². The number of hydrogen-bond donors (Lipinski definition) is 1. The minimum absolute atomic E-state index is 0.129. The fraction of sp³-hybridized carbons (Fsp3) is 0.435. The van der Waals surface area contributed by atoms with E-state index in [0.717, 1.165) is 74.5 Å². The van der Waals surface area contributed by atoms with Crippen LogP contribution in [0, 0.1) is 5.82 Å². The van der Waals surface area contributed by atoms with Crippen LogP contribution < -0.4 is 15.0 Å². The van der Waals surface area contributed by atoms with Gasteiger partial charge in [-0.2, -0.15) is 0 Å². The van der Waals surface area contributed by atoms with Gasteiger partial charge in [-0.25, -0.2) is 14.4 Å². The van der Waals surface area contributed by atoms with Gasteiger partial charge in [-0.1, -0.05) is 0 Å². The molecule has 1 saturated heterocycles. The molecule has 5 rings (SSSR count). The SMILES string of the molecule is Fc1ccc(NC2CCC(Oc3cc(N4CCOCC4)cc4nccnc34)CC2)nc1. The highest BCUT2D eigenvalue weighted by Gasteiger charge is 2.24. The number of hydrogen-bond acceptors (Lipinski definition) is 7. The maximum atomic E-state index is 13.1. The van der Waals surface area contributed by atoms with E-state index in [9.17, 15) is 4.39 Å². The topological polar surface area (TPSA) is 72.4 Å². The lowest BCUT2D eigenvalue weighted by atomic mass is 9.93. The van der Waals surface area contributed by atoms with Crippen molar-refractivity contribution in [2.75, 3.05) is 36.5 Å². The molecule has 1 saturated carbocycles. The number of halogens is 1. The van der Waals surface area contributed by atoms with Crippen LogP contribution in [0.15, 0.2) is 42.9 Å². The Morgan fingerprint density at radius 2 is 1.81 bits per heavy atom. The van der Waals surface area contributed by atoms with Gasteiger partial charge < -0.3 is 19.7 Å². The van der Waals surface area contributed by atoms with Gasteiger partial charge in [-0.15, -0.1) is 0 Å². The number of benzene rings is 1. The summed E-state index contributed by atoms with van der Waals surface area (Å²) in [5.41, 5.74) is 2.75. The fourth-order valence-corrected chi connectivity index (χ4v) is 4.30. The molecule has 0 spiro atoms. The molecule has 2 fully saturated rings. The Balaban J connectivity index is 1.27. The van der Waals surface area contributed by atoms with E-state index in [0.29, 0.717) is 11.9 Å². The van der Waals surface area contributed by atoms with Gasteiger partial charge >= 0.3 is 0 Å². The largest absolute Gasteiger partial charge is 0.488 e. The van der Waals surface area contributed by atoms with Crippen LogP contribution in [0.4, 0.5) is 15.9 Å². The smallest absolute Gasteiger partial charge is 0.149 e. The maximum absolute atomic E-state index is 13.1. The number of ether oxygens (including phenoxy) is 2. The summed E-state index contributed by atoms with van der Waals surface area (Å²) in [5.74, 6) is 1.19. The molecular weight excluding hydrogens is 397 g/mol. The van der Waals surface area contributed by atoms with E-state index in [1.807, 2.05) is 0 Å². The lowest BCUT2D eigenvalue weighted by Crippen LogP contribution is -2.36. The highest BCUT2D eigenvalue weighted by Crippen LogP contribution is 2.33. The molecule has 2 aromatic heterocycles. The molecule has 1 aliphatic carbocycles. The number of pyridine rings is 1. The molecule has 0 amide bonds. The Morgan fingerprint density at radius 1 is 1.00 bits per heavy atom. The second-order valence-electron chi connectivity index (χ2n) is 8.06. The molecule has 3 heterocycles. The quantitative estimate of drug-likeness (QED) is 0.669. The van der Waals surface area contributed by atoms with Crippen molar-refractivity contribution < 1.29 is 13.9 Å². The zero-order valence-electron chi connectivity index (χ0n) is 17.3. The number of rotatable bonds is 5. The Kier molecular flexibility index (Phi) is 5.80. The van der Waals surface area contributed by atoms with Crippen molar-refractivity contribution >= 4 is 22.5 Å². The van der Waals surface area contributed by atoms with Crippen molar-refractivity contribution in [2.24, 2.45) is 0 Å². The van der Waals surface area contributed by atoms with Crippen LogP contribution in [0.5, 0.6) is 5.75 Å². The van der Waals surface area contributed by atoms with E-state index in [-0.39, 0.29) is 11.9 Å². The Hall–Kier alpha value is -3.00. The van der Waals surface area contributed by atoms with E-state index in [4.69, 9.17) is 9.47 Å². The van der Waals surface area contributed by atoms with E-state index >= 15 is 0 Å². The predicted octanol–water partition coefficient (Wildman–Crippen LogP) is 3.80. The molecule has 7 nitrogen and oxygen atoms in total. The minimum Gasteiger partial charge on any atom is -0.488 e. The first-order valence-electron chi connectivity index (χ1n) is 10.9. The van der Waals surface area contributed by atoms with Crippen molar-refractivity contribution in [1.82, 2.24) is 15.0 Å². The zero-order valence-corrected chi connectivity index (χ0v) is 17.3. The Bertz CT molecular complexity index is 1020. The third-order valence-electron chi connectivity index (χ3n) is 5.95. The van der Waals surface area contributed by atoms with Gasteiger partial charge in [-0.05, 0) is 43.9 Å². The van der Waals surface area contributed by atoms with Crippen LogP contribution in [0.3, 0.4) is 0 Å². The fourth-order valence-electron chi connectivity index (χ4n) is 4.30. The van der Waals surface area contributed by atoms with Crippen molar-refractivity contribution in [2.45, 2.75) is 37.8 Å². The lowest BCUT2D eigenvalue weighted by molar-refractivity contribution is 0.122. The number of nitrogens with one attached hydrogen (secondary N) is 1. The normalized spacial score (nSPS) is 21.8. The zero-order chi connectivity index (χ0) is 21.0. The number of morpholine rings is 1. The first-order chi connectivity index (χ1) is 15.2. The average Bonchev–Trinajstić information content (AvgIpc) is 2.82. The molecule has 1 aromatic carbocycles. The number of fused-ring (bicyclic) bond motifs is 1. The van der Waals surface area contributed by atoms with Crippen LogP contribution in [0.1, 0.15) is 25.7 Å². The third kappa shape index (κ3) is 4.69. The molecule has 1 aliphatic heterocycles. The molecule has 162 valence electrons. The number of aromatic nitrogens is 3. The Morgan fingerprint density at radius 3 is 2.58 bits per heavy atom. The first-order valence-corrected chi connectivity index (χ1v) is 10.9. The van der Waals surface area contributed by atoms with Crippen molar-refractivity contribution in [3.05, 3.63) is 48.7 Å². The first kappa shape index (κ1) is 19.9. The average molecular weight is 423 g/mol. The second-order valence-corrected chi connectivity index (χ2v) is 8.06. The van der Waals surface area contributed by atoms with Gasteiger partial charge in [0.15, 0.2) is 0 Å². The van der Waals surface area contributed by atoms with E-state index in [1.165, 1.54) is 12.3 Å². The molecule has 0 radical (unpaired) electrons. The van der Waals surface area contributed by atoms with E-state index in [1.54, 1.807) is 18.5 Å². The summed E-state index contributed by atoms with van der Waals surface area (Å²) >= 11 is 0. The van der Waals surface area contributed by atoms with Gasteiger partial charge in [0.2, 0.25) is 0 Å². The molecule has 31 heavy (non-hydrogen) atoms. The van der Waals surface area contributed by atoms with Crippen LogP contribution in [-0.2, 0) is 4.74 Å². The summed E-state index contributed by atoms with van der Waals surface area (Å²) in [6, 6.07) is 7.60. The summed E-state index contributed by atoms with van der Waals surface area (Å²) in [6.45, 7) is 3.18. The van der Waals surface area contributed by atoms with E-state index < -0.39 is 0 Å². The monoisotopic (exact) mass is 423 g/mol. The molecule has 3 aromatic rings. The maximum Gasteiger partial charge on any atom is 0.149 e. The minimum atomic E-state index is -0.322. The molecule has 1 N–H and O–H groups in total. The van der Waals surface area contributed by atoms with Crippen molar-refractivity contribution in [3.63, 3.8) is 0 Å².